The number of rotatable bonds is 5. The SMILES string of the molecule is CN(C)CCN(C)CC1CSCCCN1. The third-order valence-corrected chi connectivity index (χ3v) is 3.89. The Balaban J connectivity index is 2.14. The van der Waals surface area contributed by atoms with Crippen LogP contribution in [0.5, 0.6) is 0 Å². The van der Waals surface area contributed by atoms with Crippen LogP contribution in [0.4, 0.5) is 0 Å². The van der Waals surface area contributed by atoms with Crippen molar-refractivity contribution in [3.63, 3.8) is 0 Å². The molecule has 15 heavy (non-hydrogen) atoms. The summed E-state index contributed by atoms with van der Waals surface area (Å²) in [5.74, 6) is 2.59. The zero-order valence-electron chi connectivity index (χ0n) is 10.3. The van der Waals surface area contributed by atoms with E-state index in [2.05, 4.69) is 48.0 Å². The van der Waals surface area contributed by atoms with Crippen molar-refractivity contribution < 1.29 is 0 Å². The Kier molecular flexibility index (Phi) is 6.64. The largest absolute Gasteiger partial charge is 0.312 e. The number of nitrogens with one attached hydrogen (secondary N) is 1. The first-order chi connectivity index (χ1) is 7.18. The molecule has 4 heteroatoms. The number of likely N-dealkylation sites (N-methyl/N-ethyl adjacent to an activating group) is 2. The molecule has 1 atom stereocenters. The van der Waals surface area contributed by atoms with Gasteiger partial charge >= 0.3 is 0 Å². The molecular weight excluding hydrogens is 206 g/mol. The predicted octanol–water partition coefficient (Wildman–Crippen LogP) is 0.575. The van der Waals surface area contributed by atoms with Gasteiger partial charge in [-0.05, 0) is 39.9 Å². The molecule has 0 aromatic rings. The van der Waals surface area contributed by atoms with Gasteiger partial charge in [0.1, 0.15) is 0 Å². The van der Waals surface area contributed by atoms with Crippen molar-refractivity contribution in [1.29, 1.82) is 0 Å². The van der Waals surface area contributed by atoms with Crippen molar-refractivity contribution in [3.05, 3.63) is 0 Å². The number of hydrogen-bond donors (Lipinski definition) is 1. The zero-order valence-corrected chi connectivity index (χ0v) is 11.1. The van der Waals surface area contributed by atoms with E-state index < -0.39 is 0 Å². The maximum Gasteiger partial charge on any atom is 0.0285 e. The maximum absolute atomic E-state index is 3.62. The minimum Gasteiger partial charge on any atom is -0.312 e. The van der Waals surface area contributed by atoms with Crippen LogP contribution < -0.4 is 5.32 Å². The second-order valence-corrected chi connectivity index (χ2v) is 5.79. The summed E-state index contributed by atoms with van der Waals surface area (Å²) in [6.07, 6.45) is 1.32. The van der Waals surface area contributed by atoms with Crippen molar-refractivity contribution in [2.75, 3.05) is 58.8 Å². The van der Waals surface area contributed by atoms with E-state index in [-0.39, 0.29) is 0 Å². The molecule has 1 N–H and O–H groups in total. The average molecular weight is 231 g/mol. The highest BCUT2D eigenvalue weighted by molar-refractivity contribution is 7.99. The first-order valence-electron chi connectivity index (χ1n) is 5.83. The van der Waals surface area contributed by atoms with Crippen molar-refractivity contribution in [2.24, 2.45) is 0 Å². The molecule has 0 aromatic heterocycles. The van der Waals surface area contributed by atoms with Gasteiger partial charge in [-0.25, -0.2) is 0 Å². The van der Waals surface area contributed by atoms with E-state index in [0.29, 0.717) is 6.04 Å². The Morgan fingerprint density at radius 1 is 1.27 bits per heavy atom. The molecule has 1 heterocycles. The topological polar surface area (TPSA) is 18.5 Å². The van der Waals surface area contributed by atoms with Crippen LogP contribution in [0.1, 0.15) is 6.42 Å². The molecule has 1 aliphatic rings. The van der Waals surface area contributed by atoms with Crippen molar-refractivity contribution in [3.8, 4) is 0 Å². The van der Waals surface area contributed by atoms with Crippen LogP contribution in [0.25, 0.3) is 0 Å². The third kappa shape index (κ3) is 6.40. The molecule has 1 saturated heterocycles. The van der Waals surface area contributed by atoms with Crippen molar-refractivity contribution >= 4 is 11.8 Å². The molecule has 3 nitrogen and oxygen atoms in total. The molecule has 90 valence electrons. The smallest absolute Gasteiger partial charge is 0.0285 e. The maximum atomic E-state index is 3.62. The van der Waals surface area contributed by atoms with Crippen molar-refractivity contribution in [2.45, 2.75) is 12.5 Å². The average Bonchev–Trinajstić information content (AvgIpc) is 2.43. The molecule has 0 spiro atoms. The van der Waals surface area contributed by atoms with Crippen LogP contribution >= 0.6 is 11.8 Å². The lowest BCUT2D eigenvalue weighted by Crippen LogP contribution is -2.42. The lowest BCUT2D eigenvalue weighted by molar-refractivity contribution is 0.262. The fraction of sp³-hybridized carbons (Fsp3) is 1.00. The molecule has 0 aliphatic carbocycles. The van der Waals surface area contributed by atoms with Crippen LogP contribution in [0.2, 0.25) is 0 Å². The minimum atomic E-state index is 0.685. The fourth-order valence-electron chi connectivity index (χ4n) is 1.72. The Hall–Kier alpha value is 0.230. The Bertz CT molecular complexity index is 156. The standard InChI is InChI=1S/C11H25N3S/c1-13(2)6-7-14(3)9-11-10-15-8-4-5-12-11/h11-12H,4-10H2,1-3H3. The van der Waals surface area contributed by atoms with Crippen LogP contribution in [0.15, 0.2) is 0 Å². The summed E-state index contributed by atoms with van der Waals surface area (Å²) in [5, 5.41) is 3.62. The van der Waals surface area contributed by atoms with Gasteiger partial charge in [0.05, 0.1) is 0 Å². The van der Waals surface area contributed by atoms with E-state index in [9.17, 15) is 0 Å². The molecule has 0 bridgehead atoms. The first kappa shape index (κ1) is 13.3. The lowest BCUT2D eigenvalue weighted by atomic mass is 10.3. The molecule has 1 rings (SSSR count). The normalized spacial score (nSPS) is 23.4. The van der Waals surface area contributed by atoms with E-state index in [0.717, 1.165) is 13.1 Å². The predicted molar refractivity (Wildman–Crippen MR) is 69.8 cm³/mol. The van der Waals surface area contributed by atoms with Crippen LogP contribution in [-0.2, 0) is 0 Å². The molecular formula is C11H25N3S. The highest BCUT2D eigenvalue weighted by Gasteiger charge is 2.13. The van der Waals surface area contributed by atoms with Gasteiger partial charge in [-0.1, -0.05) is 0 Å². The van der Waals surface area contributed by atoms with E-state index in [1.165, 1.54) is 31.0 Å². The minimum absolute atomic E-state index is 0.685. The van der Waals surface area contributed by atoms with Gasteiger partial charge in [-0.3, -0.25) is 0 Å². The summed E-state index contributed by atoms with van der Waals surface area (Å²) in [5.41, 5.74) is 0. The van der Waals surface area contributed by atoms with Crippen LogP contribution in [0, 0.1) is 0 Å². The second-order valence-electron chi connectivity index (χ2n) is 4.65. The monoisotopic (exact) mass is 231 g/mol. The number of hydrogen-bond acceptors (Lipinski definition) is 4. The zero-order chi connectivity index (χ0) is 11.1. The Morgan fingerprint density at radius 3 is 2.80 bits per heavy atom. The molecule has 0 saturated carbocycles. The molecule has 0 amide bonds. The summed E-state index contributed by atoms with van der Waals surface area (Å²) in [6.45, 7) is 4.69. The first-order valence-corrected chi connectivity index (χ1v) is 6.98. The van der Waals surface area contributed by atoms with Crippen molar-refractivity contribution in [1.82, 2.24) is 15.1 Å². The second kappa shape index (κ2) is 7.49. The fourth-order valence-corrected chi connectivity index (χ4v) is 2.74. The quantitative estimate of drug-likeness (QED) is 0.745. The molecule has 0 aromatic carbocycles. The molecule has 1 aliphatic heterocycles. The van der Waals surface area contributed by atoms with E-state index in [1.54, 1.807) is 0 Å². The van der Waals surface area contributed by atoms with E-state index >= 15 is 0 Å². The van der Waals surface area contributed by atoms with Gasteiger partial charge in [0, 0.05) is 31.4 Å². The summed E-state index contributed by atoms with van der Waals surface area (Å²) < 4.78 is 0. The number of thioether (sulfide) groups is 1. The van der Waals surface area contributed by atoms with Gasteiger partial charge in [-0.2, -0.15) is 11.8 Å². The highest BCUT2D eigenvalue weighted by Crippen LogP contribution is 2.09. The van der Waals surface area contributed by atoms with Crippen LogP contribution in [-0.4, -0.2) is 74.7 Å². The number of nitrogens with zero attached hydrogens (tertiary/aromatic N) is 2. The Morgan fingerprint density at radius 2 is 2.07 bits per heavy atom. The summed E-state index contributed by atoms with van der Waals surface area (Å²) in [7, 11) is 6.49. The third-order valence-electron chi connectivity index (χ3n) is 2.68. The van der Waals surface area contributed by atoms with Gasteiger partial charge in [0.25, 0.3) is 0 Å². The van der Waals surface area contributed by atoms with E-state index in [1.807, 2.05) is 0 Å². The molecule has 0 radical (unpaired) electrons. The van der Waals surface area contributed by atoms with Gasteiger partial charge in [-0.15, -0.1) is 0 Å². The summed E-state index contributed by atoms with van der Waals surface area (Å²) in [4.78, 5) is 4.68. The van der Waals surface area contributed by atoms with Gasteiger partial charge in [0.2, 0.25) is 0 Å². The highest BCUT2D eigenvalue weighted by atomic mass is 32.2. The van der Waals surface area contributed by atoms with E-state index in [4.69, 9.17) is 0 Å². The Labute approximate surface area is 98.6 Å². The van der Waals surface area contributed by atoms with Gasteiger partial charge in [0.15, 0.2) is 0 Å². The lowest BCUT2D eigenvalue weighted by Gasteiger charge is -2.24. The summed E-state index contributed by atoms with van der Waals surface area (Å²) in [6, 6.07) is 0.685. The molecule has 1 fully saturated rings. The summed E-state index contributed by atoms with van der Waals surface area (Å²) >= 11 is 2.09. The van der Waals surface area contributed by atoms with Crippen LogP contribution in [0.3, 0.4) is 0 Å². The molecule has 1 unspecified atom stereocenters. The van der Waals surface area contributed by atoms with Gasteiger partial charge < -0.3 is 15.1 Å².